The second-order valence-corrected chi connectivity index (χ2v) is 16.1. The highest BCUT2D eigenvalue weighted by Gasteiger charge is 2.38. The number of amides is 7. The number of fused-ring (bicyclic) bond motifs is 1. The lowest BCUT2D eigenvalue weighted by Gasteiger charge is -2.29. The Balaban J connectivity index is 1.28. The van der Waals surface area contributed by atoms with E-state index < -0.39 is 84.1 Å². The topological polar surface area (TPSA) is 299 Å². The lowest BCUT2D eigenvalue weighted by Crippen LogP contribution is -2.58. The molecule has 1 fully saturated rings. The molecular formula is C47H59N11O7. The summed E-state index contributed by atoms with van der Waals surface area (Å²) in [4.78, 5) is 99.2. The number of nitrogens with two attached hydrogens (primary N) is 4. The minimum Gasteiger partial charge on any atom is -0.370 e. The van der Waals surface area contributed by atoms with Crippen LogP contribution < -0.4 is 49.5 Å². The molecule has 1 aliphatic rings. The van der Waals surface area contributed by atoms with Crippen LogP contribution in [0.4, 0.5) is 0 Å². The first-order chi connectivity index (χ1) is 31.2. The lowest BCUT2D eigenvalue weighted by molar-refractivity contribution is -0.142. The molecule has 0 radical (unpaired) electrons. The maximum Gasteiger partial charge on any atom is 0.245 e. The molecule has 1 aliphatic heterocycles. The van der Waals surface area contributed by atoms with Gasteiger partial charge in [-0.15, -0.1) is 0 Å². The number of carbonyl (C=O) groups excluding carboxylic acids is 7. The number of primary amides is 1. The Morgan fingerprint density at radius 1 is 0.677 bits per heavy atom. The summed E-state index contributed by atoms with van der Waals surface area (Å²) in [5.41, 5.74) is 25.0. The minimum atomic E-state index is -1.21. The molecule has 6 atom stereocenters. The number of likely N-dealkylation sites (tertiary alicyclic amines) is 1. The van der Waals surface area contributed by atoms with Crippen LogP contribution in [0.3, 0.4) is 0 Å². The van der Waals surface area contributed by atoms with Crippen LogP contribution in [-0.2, 0) is 52.8 Å². The van der Waals surface area contributed by atoms with E-state index in [1.165, 1.54) is 11.8 Å². The maximum absolute atomic E-state index is 14.2. The van der Waals surface area contributed by atoms with Gasteiger partial charge in [0.15, 0.2) is 5.96 Å². The van der Waals surface area contributed by atoms with E-state index in [1.54, 1.807) is 24.3 Å². The smallest absolute Gasteiger partial charge is 0.245 e. The minimum absolute atomic E-state index is 0.0339. The molecule has 0 aliphatic carbocycles. The number of hydrogen-bond donors (Lipinski definition) is 9. The van der Waals surface area contributed by atoms with Gasteiger partial charge in [0.25, 0.3) is 0 Å². The highest BCUT2D eigenvalue weighted by atomic mass is 16.2. The number of guanidine groups is 1. The molecule has 5 rings (SSSR count). The molecule has 18 heteroatoms. The van der Waals surface area contributed by atoms with Crippen molar-refractivity contribution in [2.75, 3.05) is 19.6 Å². The zero-order chi connectivity index (χ0) is 46.9. The van der Waals surface area contributed by atoms with Gasteiger partial charge in [0.05, 0.1) is 12.6 Å². The van der Waals surface area contributed by atoms with E-state index in [0.717, 1.165) is 21.9 Å². The van der Waals surface area contributed by atoms with E-state index in [-0.39, 0.29) is 51.2 Å². The Morgan fingerprint density at radius 2 is 1.28 bits per heavy atom. The van der Waals surface area contributed by atoms with Crippen LogP contribution in [-0.4, -0.2) is 108 Å². The monoisotopic (exact) mass is 889 g/mol. The fraction of sp³-hybridized carbons (Fsp3) is 0.362. The van der Waals surface area contributed by atoms with Crippen molar-refractivity contribution in [3.63, 3.8) is 0 Å². The van der Waals surface area contributed by atoms with E-state index in [1.807, 2.05) is 78.9 Å². The van der Waals surface area contributed by atoms with Gasteiger partial charge < -0.3 is 54.4 Å². The first-order valence-corrected chi connectivity index (χ1v) is 21.6. The van der Waals surface area contributed by atoms with Crippen LogP contribution in [0, 0.1) is 0 Å². The number of rotatable bonds is 22. The molecule has 65 heavy (non-hydrogen) atoms. The second kappa shape index (κ2) is 23.9. The first kappa shape index (κ1) is 48.7. The fourth-order valence-electron chi connectivity index (χ4n) is 7.56. The van der Waals surface area contributed by atoms with Crippen LogP contribution in [0.25, 0.3) is 10.8 Å². The zero-order valence-electron chi connectivity index (χ0n) is 36.4. The molecule has 0 aromatic heterocycles. The number of aliphatic imine (C=N–C) groups is 1. The third-order valence-corrected chi connectivity index (χ3v) is 11.1. The SMILES string of the molecule is C[C@H](NC(=O)[C@H]1CCCN1C(=O)[C@@H](CCCN=C(N)N)NC(=O)CNC(=O)[C@@H](Cc1ccccc1)NC(=O)[C@@H](Cc1ccccc1)NC(=O)[C@@H](N)Cc1ccc2ccccc2c1)C(N)=O. The quantitative estimate of drug-likeness (QED) is 0.0285. The molecule has 4 aromatic rings. The lowest BCUT2D eigenvalue weighted by atomic mass is 10.00. The van der Waals surface area contributed by atoms with Gasteiger partial charge in [-0.05, 0) is 66.5 Å². The number of carbonyl (C=O) groups is 7. The van der Waals surface area contributed by atoms with E-state index in [9.17, 15) is 33.6 Å². The van der Waals surface area contributed by atoms with Crippen LogP contribution in [0.5, 0.6) is 0 Å². The van der Waals surface area contributed by atoms with E-state index in [4.69, 9.17) is 22.9 Å². The largest absolute Gasteiger partial charge is 0.370 e. The summed E-state index contributed by atoms with van der Waals surface area (Å²) in [6, 6.07) is 25.4. The highest BCUT2D eigenvalue weighted by Crippen LogP contribution is 2.21. The Hall–Kier alpha value is -7.34. The second-order valence-electron chi connectivity index (χ2n) is 16.1. The van der Waals surface area contributed by atoms with Crippen molar-refractivity contribution >= 4 is 58.1 Å². The summed E-state index contributed by atoms with van der Waals surface area (Å²) >= 11 is 0. The van der Waals surface area contributed by atoms with Gasteiger partial charge in [-0.2, -0.15) is 0 Å². The van der Waals surface area contributed by atoms with Gasteiger partial charge in [-0.3, -0.25) is 38.6 Å². The zero-order valence-corrected chi connectivity index (χ0v) is 36.4. The van der Waals surface area contributed by atoms with Crippen molar-refractivity contribution in [3.8, 4) is 0 Å². The van der Waals surface area contributed by atoms with E-state index in [0.29, 0.717) is 18.4 Å². The van der Waals surface area contributed by atoms with Crippen LogP contribution >= 0.6 is 0 Å². The van der Waals surface area contributed by atoms with Crippen molar-refractivity contribution in [3.05, 3.63) is 120 Å². The predicted molar refractivity (Wildman–Crippen MR) is 246 cm³/mol. The fourth-order valence-corrected chi connectivity index (χ4v) is 7.56. The summed E-state index contributed by atoms with van der Waals surface area (Å²) in [6.07, 6.45) is 1.54. The van der Waals surface area contributed by atoms with E-state index >= 15 is 0 Å². The predicted octanol–water partition coefficient (Wildman–Crippen LogP) is -0.200. The third kappa shape index (κ3) is 14.9. The number of nitrogens with one attached hydrogen (secondary N) is 5. The normalized spacial score (nSPS) is 15.6. The van der Waals surface area contributed by atoms with Gasteiger partial charge in [-0.25, -0.2) is 0 Å². The van der Waals surface area contributed by atoms with Gasteiger partial charge in [0.2, 0.25) is 41.4 Å². The van der Waals surface area contributed by atoms with Gasteiger partial charge in [0.1, 0.15) is 30.2 Å². The molecule has 344 valence electrons. The van der Waals surface area contributed by atoms with Gasteiger partial charge in [-0.1, -0.05) is 103 Å². The van der Waals surface area contributed by atoms with Crippen LogP contribution in [0.2, 0.25) is 0 Å². The molecule has 18 nitrogen and oxygen atoms in total. The molecule has 7 amide bonds. The van der Waals surface area contributed by atoms with E-state index in [2.05, 4.69) is 31.6 Å². The highest BCUT2D eigenvalue weighted by molar-refractivity contribution is 5.97. The van der Waals surface area contributed by atoms with Crippen LogP contribution in [0.15, 0.2) is 108 Å². The number of benzene rings is 4. The van der Waals surface area contributed by atoms with Crippen molar-refractivity contribution in [2.45, 2.75) is 88.1 Å². The summed E-state index contributed by atoms with van der Waals surface area (Å²) in [6.45, 7) is 1.24. The Bertz CT molecular complexity index is 2320. The molecule has 0 saturated carbocycles. The number of hydrogen-bond acceptors (Lipinski definition) is 9. The van der Waals surface area contributed by atoms with Crippen molar-refractivity contribution < 1.29 is 33.6 Å². The molecule has 1 heterocycles. The summed E-state index contributed by atoms with van der Waals surface area (Å²) in [5.74, 6) is -4.62. The molecular weight excluding hydrogens is 831 g/mol. The Kier molecular flexibility index (Phi) is 17.9. The van der Waals surface area contributed by atoms with Gasteiger partial charge in [0, 0.05) is 25.9 Å². The summed E-state index contributed by atoms with van der Waals surface area (Å²) in [5, 5.41) is 15.5. The average Bonchev–Trinajstić information content (AvgIpc) is 3.79. The molecule has 0 unspecified atom stereocenters. The average molecular weight is 890 g/mol. The van der Waals surface area contributed by atoms with Crippen molar-refractivity contribution in [2.24, 2.45) is 27.9 Å². The molecule has 0 bridgehead atoms. The van der Waals surface area contributed by atoms with Crippen molar-refractivity contribution in [1.29, 1.82) is 0 Å². The summed E-state index contributed by atoms with van der Waals surface area (Å²) in [7, 11) is 0. The molecule has 0 spiro atoms. The molecule has 4 aromatic carbocycles. The summed E-state index contributed by atoms with van der Waals surface area (Å²) < 4.78 is 0. The Labute approximate surface area is 377 Å². The van der Waals surface area contributed by atoms with Crippen molar-refractivity contribution in [1.82, 2.24) is 31.5 Å². The van der Waals surface area contributed by atoms with Gasteiger partial charge >= 0.3 is 0 Å². The molecule has 1 saturated heterocycles. The first-order valence-electron chi connectivity index (χ1n) is 21.6. The maximum atomic E-state index is 14.2. The number of nitrogens with zero attached hydrogens (tertiary/aromatic N) is 2. The Morgan fingerprint density at radius 3 is 1.91 bits per heavy atom. The third-order valence-electron chi connectivity index (χ3n) is 11.1. The molecule has 13 N–H and O–H groups in total. The standard InChI is InChI=1S/C47H59N11O7/c1-29(41(49)60)54-45(64)39-19-11-23-58(39)46(65)36(18-10-22-52-47(50)51)55-40(59)28-53-43(62)37(26-30-12-4-2-5-13-30)57-44(63)38(27-31-14-6-3-7-15-31)56-42(61)35(48)25-32-20-21-33-16-8-9-17-34(33)24-32/h2-9,12-17,20-21,24,29,35-39H,10-11,18-19,22-23,25-28,48H2,1H3,(H2,49,60)(H,53,62)(H,54,64)(H,55,59)(H,56,61)(H,57,63)(H4,50,51,52)/t29-,35-,36+,37+,38+,39+/m0/s1. The van der Waals surface area contributed by atoms with Crippen LogP contribution in [0.1, 0.15) is 49.3 Å².